The number of anilines is 5. The molecule has 0 fully saturated rings. The van der Waals surface area contributed by atoms with Crippen LogP contribution >= 0.6 is 0 Å². The zero-order valence-corrected chi connectivity index (χ0v) is 27.6. The van der Waals surface area contributed by atoms with Crippen LogP contribution in [-0.4, -0.2) is 4.57 Å². The van der Waals surface area contributed by atoms with Gasteiger partial charge in [0.25, 0.3) is 0 Å². The summed E-state index contributed by atoms with van der Waals surface area (Å²) in [7, 11) is 0. The van der Waals surface area contributed by atoms with E-state index in [9.17, 15) is 0 Å². The fourth-order valence-electron chi connectivity index (χ4n) is 7.22. The first-order valence-corrected chi connectivity index (χ1v) is 17.2. The number of rotatable bonds is 7. The normalized spacial score (nSPS) is 12.2. The third-order valence-corrected chi connectivity index (χ3v) is 9.59. The van der Waals surface area contributed by atoms with Crippen LogP contribution in [0.1, 0.15) is 11.1 Å². The molecule has 7 aromatic carbocycles. The fourth-order valence-corrected chi connectivity index (χ4v) is 7.22. The molecule has 238 valence electrons. The van der Waals surface area contributed by atoms with Gasteiger partial charge in [0.15, 0.2) is 0 Å². The van der Waals surface area contributed by atoms with Crippen molar-refractivity contribution in [2.24, 2.45) is 0 Å². The molecule has 50 heavy (non-hydrogen) atoms. The number of hydrogen-bond acceptors (Lipinski definition) is 2. The standard InChI is InChI=1S/C47H35N3/c1-5-13-34(14-6-1)35-21-26-41(27-22-35)50-45-32-30-42(33-44(45)47-43-20-12-2-7-15-36(43)23-31-46(47)50)49(39-18-10-4-11-19-39)40-28-24-38(25-29-40)48-37-16-8-3-9-17-37/h1-14,16-33,48H,15H2. The smallest absolute Gasteiger partial charge is 0.0547 e. The molecule has 0 spiro atoms. The molecule has 9 rings (SSSR count). The Morgan fingerprint density at radius 3 is 1.88 bits per heavy atom. The van der Waals surface area contributed by atoms with E-state index in [4.69, 9.17) is 0 Å². The highest BCUT2D eigenvalue weighted by Gasteiger charge is 2.20. The molecule has 1 heterocycles. The van der Waals surface area contributed by atoms with Gasteiger partial charge in [-0.25, -0.2) is 0 Å². The van der Waals surface area contributed by atoms with Crippen LogP contribution < -0.4 is 10.2 Å². The lowest BCUT2D eigenvalue weighted by Gasteiger charge is -2.26. The maximum absolute atomic E-state index is 3.53. The van der Waals surface area contributed by atoms with Gasteiger partial charge in [-0.1, -0.05) is 109 Å². The molecule has 8 aromatic rings. The number of para-hydroxylation sites is 2. The van der Waals surface area contributed by atoms with Gasteiger partial charge in [0.1, 0.15) is 0 Å². The van der Waals surface area contributed by atoms with Gasteiger partial charge in [-0.15, -0.1) is 0 Å². The van der Waals surface area contributed by atoms with E-state index in [1.165, 1.54) is 44.1 Å². The van der Waals surface area contributed by atoms with Crippen LogP contribution in [0.4, 0.5) is 28.4 Å². The summed E-state index contributed by atoms with van der Waals surface area (Å²) in [6, 6.07) is 60.7. The third-order valence-electron chi connectivity index (χ3n) is 9.59. The van der Waals surface area contributed by atoms with Crippen LogP contribution in [0.25, 0.3) is 44.7 Å². The van der Waals surface area contributed by atoms with Crippen molar-refractivity contribution in [1.82, 2.24) is 4.57 Å². The summed E-state index contributed by atoms with van der Waals surface area (Å²) in [5.74, 6) is 0. The van der Waals surface area contributed by atoms with Crippen LogP contribution in [0.3, 0.4) is 0 Å². The number of benzene rings is 7. The minimum absolute atomic E-state index is 0.913. The molecule has 0 saturated carbocycles. The predicted octanol–water partition coefficient (Wildman–Crippen LogP) is 12.8. The summed E-state index contributed by atoms with van der Waals surface area (Å²) in [6.45, 7) is 0. The Morgan fingerprint density at radius 1 is 0.500 bits per heavy atom. The van der Waals surface area contributed by atoms with Crippen LogP contribution in [0, 0.1) is 0 Å². The van der Waals surface area contributed by atoms with Crippen molar-refractivity contribution in [2.75, 3.05) is 10.2 Å². The number of fused-ring (bicyclic) bond motifs is 5. The van der Waals surface area contributed by atoms with Gasteiger partial charge < -0.3 is 14.8 Å². The summed E-state index contributed by atoms with van der Waals surface area (Å²) < 4.78 is 2.42. The first-order valence-electron chi connectivity index (χ1n) is 17.2. The number of aromatic nitrogens is 1. The van der Waals surface area contributed by atoms with Gasteiger partial charge in [-0.3, -0.25) is 0 Å². The van der Waals surface area contributed by atoms with Gasteiger partial charge in [-0.05, 0) is 114 Å². The van der Waals surface area contributed by atoms with Crippen LogP contribution in [0.15, 0.2) is 188 Å². The molecule has 0 bridgehead atoms. The zero-order valence-electron chi connectivity index (χ0n) is 27.6. The quantitative estimate of drug-likeness (QED) is 0.187. The number of nitrogens with one attached hydrogen (secondary N) is 1. The molecular formula is C47H35N3. The summed E-state index contributed by atoms with van der Waals surface area (Å²) in [5.41, 5.74) is 14.0. The predicted molar refractivity (Wildman–Crippen MR) is 213 cm³/mol. The summed E-state index contributed by atoms with van der Waals surface area (Å²) in [5, 5.41) is 6.04. The molecule has 1 aliphatic carbocycles. The van der Waals surface area contributed by atoms with E-state index in [2.05, 4.69) is 191 Å². The van der Waals surface area contributed by atoms with Crippen molar-refractivity contribution >= 4 is 56.3 Å². The highest BCUT2D eigenvalue weighted by atomic mass is 15.1. The third kappa shape index (κ3) is 5.45. The summed E-state index contributed by atoms with van der Waals surface area (Å²) in [6.07, 6.45) is 9.77. The average molecular weight is 642 g/mol. The van der Waals surface area contributed by atoms with Crippen molar-refractivity contribution in [1.29, 1.82) is 0 Å². The second-order valence-electron chi connectivity index (χ2n) is 12.7. The molecule has 3 nitrogen and oxygen atoms in total. The number of hydrogen-bond donors (Lipinski definition) is 1. The number of allylic oxidation sites excluding steroid dienone is 3. The van der Waals surface area contributed by atoms with E-state index in [1.807, 2.05) is 18.2 Å². The van der Waals surface area contributed by atoms with Crippen molar-refractivity contribution in [2.45, 2.75) is 6.42 Å². The SMILES string of the molecule is C1=CCc2ccc3c(c2C=C1)c1cc(N(c2ccccc2)c2ccc(Nc4ccccc4)cc2)ccc1n3-c1ccc(-c2ccccc2)cc1. The molecule has 0 atom stereocenters. The highest BCUT2D eigenvalue weighted by Crippen LogP contribution is 2.42. The van der Waals surface area contributed by atoms with Gasteiger partial charge in [0, 0.05) is 44.9 Å². The second kappa shape index (κ2) is 12.8. The lowest BCUT2D eigenvalue weighted by molar-refractivity contribution is 1.17. The molecule has 0 unspecified atom stereocenters. The van der Waals surface area contributed by atoms with E-state index in [1.54, 1.807) is 0 Å². The first kappa shape index (κ1) is 29.6. The van der Waals surface area contributed by atoms with Crippen molar-refractivity contribution in [3.05, 3.63) is 199 Å². The molecular weight excluding hydrogens is 607 g/mol. The Morgan fingerprint density at radius 2 is 1.12 bits per heavy atom. The van der Waals surface area contributed by atoms with Crippen LogP contribution in [-0.2, 0) is 6.42 Å². The van der Waals surface area contributed by atoms with Crippen LogP contribution in [0.2, 0.25) is 0 Å². The molecule has 1 N–H and O–H groups in total. The Hall–Kier alpha value is -6.58. The molecule has 0 aliphatic heterocycles. The first-order chi connectivity index (χ1) is 24.8. The molecule has 0 saturated heterocycles. The van der Waals surface area contributed by atoms with E-state index in [-0.39, 0.29) is 0 Å². The van der Waals surface area contributed by atoms with E-state index < -0.39 is 0 Å². The van der Waals surface area contributed by atoms with Gasteiger partial charge in [-0.2, -0.15) is 0 Å². The minimum Gasteiger partial charge on any atom is -0.356 e. The summed E-state index contributed by atoms with van der Waals surface area (Å²) in [4.78, 5) is 2.35. The molecule has 1 aliphatic rings. The van der Waals surface area contributed by atoms with E-state index >= 15 is 0 Å². The Balaban J connectivity index is 1.21. The summed E-state index contributed by atoms with van der Waals surface area (Å²) >= 11 is 0. The Labute approximate surface area is 292 Å². The fraction of sp³-hybridized carbons (Fsp3) is 0.0213. The Kier molecular flexibility index (Phi) is 7.56. The zero-order chi connectivity index (χ0) is 33.3. The molecule has 0 radical (unpaired) electrons. The Bertz CT molecular complexity index is 2490. The largest absolute Gasteiger partial charge is 0.356 e. The lowest BCUT2D eigenvalue weighted by Crippen LogP contribution is -2.09. The second-order valence-corrected chi connectivity index (χ2v) is 12.7. The van der Waals surface area contributed by atoms with Crippen molar-refractivity contribution < 1.29 is 0 Å². The topological polar surface area (TPSA) is 20.2 Å². The number of nitrogens with zero attached hydrogens (tertiary/aromatic N) is 2. The maximum Gasteiger partial charge on any atom is 0.0547 e. The molecule has 1 aromatic heterocycles. The molecule has 3 heteroatoms. The van der Waals surface area contributed by atoms with Crippen molar-refractivity contribution in [3.8, 4) is 16.8 Å². The van der Waals surface area contributed by atoms with Crippen molar-refractivity contribution in [3.63, 3.8) is 0 Å². The minimum atomic E-state index is 0.913. The van der Waals surface area contributed by atoms with E-state index in [0.29, 0.717) is 0 Å². The molecule has 0 amide bonds. The van der Waals surface area contributed by atoms with Gasteiger partial charge in [0.05, 0.1) is 11.0 Å². The van der Waals surface area contributed by atoms with Gasteiger partial charge >= 0.3 is 0 Å². The highest BCUT2D eigenvalue weighted by molar-refractivity contribution is 6.14. The average Bonchev–Trinajstić information content (AvgIpc) is 3.31. The van der Waals surface area contributed by atoms with Crippen LogP contribution in [0.5, 0.6) is 0 Å². The van der Waals surface area contributed by atoms with E-state index in [0.717, 1.165) is 40.5 Å². The van der Waals surface area contributed by atoms with Gasteiger partial charge in [0.2, 0.25) is 0 Å². The monoisotopic (exact) mass is 641 g/mol. The maximum atomic E-state index is 3.53. The lowest BCUT2D eigenvalue weighted by atomic mass is 9.98.